The highest BCUT2D eigenvalue weighted by atomic mass is 16.3. The van der Waals surface area contributed by atoms with E-state index >= 15 is 0 Å². The monoisotopic (exact) mass is 610 g/mol. The van der Waals surface area contributed by atoms with Gasteiger partial charge in [0.15, 0.2) is 23.0 Å². The first-order valence-electron chi connectivity index (χ1n) is 13.8. The Morgan fingerprint density at radius 3 is 2.60 bits per heavy atom. The maximum atomic E-state index is 10.9. The van der Waals surface area contributed by atoms with Crippen LogP contribution in [0.2, 0.25) is 0 Å². The van der Waals surface area contributed by atoms with Crippen LogP contribution < -0.4 is 15.5 Å². The molecule has 0 fully saturated rings. The quantitative estimate of drug-likeness (QED) is 0.0557. The molecule has 0 atom stereocenters. The number of nitrogens with zero attached hydrogens (tertiary/aromatic N) is 11. The molecular weight excluding hydrogens is 580 g/mol. The fourth-order valence-electron chi connectivity index (χ4n) is 4.58. The number of aryl methyl sites for hydroxylation is 3. The normalized spacial score (nSPS) is 11.2. The fourth-order valence-corrected chi connectivity index (χ4v) is 4.58. The van der Waals surface area contributed by atoms with Crippen molar-refractivity contribution in [3.63, 3.8) is 0 Å². The summed E-state index contributed by atoms with van der Waals surface area (Å²) in [5.41, 5.74) is 5.00. The number of imidazole rings is 1. The Morgan fingerprint density at radius 1 is 1.13 bits per heavy atom. The summed E-state index contributed by atoms with van der Waals surface area (Å²) in [7, 11) is 0. The van der Waals surface area contributed by atoms with Crippen LogP contribution >= 0.6 is 0 Å². The number of anilines is 4. The maximum Gasteiger partial charge on any atom is 0.231 e. The predicted octanol–water partition coefficient (Wildman–Crippen LogP) is 3.38. The lowest BCUT2D eigenvalue weighted by Gasteiger charge is -2.22. The van der Waals surface area contributed by atoms with Crippen LogP contribution in [0.4, 0.5) is 34.8 Å². The number of fused-ring (bicyclic) bond motifs is 1. The number of aldehydes is 1. The van der Waals surface area contributed by atoms with Crippen LogP contribution in [0.1, 0.15) is 35.1 Å². The predicted molar refractivity (Wildman–Crippen MR) is 164 cm³/mol. The van der Waals surface area contributed by atoms with Crippen molar-refractivity contribution in [3.05, 3.63) is 53.1 Å². The van der Waals surface area contributed by atoms with Crippen molar-refractivity contribution in [2.75, 3.05) is 35.5 Å². The number of aromatic amines is 1. The van der Waals surface area contributed by atoms with Crippen LogP contribution in [-0.2, 0) is 4.79 Å². The molecule has 5 aromatic rings. The highest BCUT2D eigenvalue weighted by molar-refractivity contribution is 5.77. The number of azo groups is 1. The van der Waals surface area contributed by atoms with Gasteiger partial charge >= 0.3 is 0 Å². The molecule has 17 nitrogen and oxygen atoms in total. The van der Waals surface area contributed by atoms with Crippen LogP contribution in [-0.4, -0.2) is 76.2 Å². The molecular formula is C28H30N14O3. The van der Waals surface area contributed by atoms with Crippen LogP contribution in [0.5, 0.6) is 0 Å². The van der Waals surface area contributed by atoms with Crippen molar-refractivity contribution in [2.24, 2.45) is 10.2 Å². The van der Waals surface area contributed by atoms with Gasteiger partial charge in [0.1, 0.15) is 43.2 Å². The lowest BCUT2D eigenvalue weighted by molar-refractivity contribution is -0.107. The van der Waals surface area contributed by atoms with Gasteiger partial charge in [-0.15, -0.1) is 15.3 Å². The third-order valence-electron chi connectivity index (χ3n) is 6.64. The second-order valence-electron chi connectivity index (χ2n) is 9.97. The summed E-state index contributed by atoms with van der Waals surface area (Å²) in [6.45, 7) is 5.08. The molecule has 1 aromatic carbocycles. The summed E-state index contributed by atoms with van der Waals surface area (Å²) < 4.78 is 1.33. The van der Waals surface area contributed by atoms with E-state index in [-0.39, 0.29) is 40.6 Å². The number of aliphatic hydroxyl groups excluding tert-OH is 2. The number of rotatable bonds is 13. The van der Waals surface area contributed by atoms with Crippen molar-refractivity contribution in [2.45, 2.75) is 33.6 Å². The minimum Gasteiger partial charge on any atom is -0.376 e. The maximum absolute atomic E-state index is 10.9. The number of unbranched alkanes of at least 4 members (excludes halogenated alkanes) is 1. The number of H-pyrrole nitrogens is 1. The Balaban J connectivity index is 1.58. The first-order chi connectivity index (χ1) is 21.8. The third-order valence-corrected chi connectivity index (χ3v) is 6.64. The topological polar surface area (TPSA) is 231 Å². The summed E-state index contributed by atoms with van der Waals surface area (Å²) in [6, 6.07) is 6.09. The molecule has 4 aromatic heterocycles. The third kappa shape index (κ3) is 6.71. The van der Waals surface area contributed by atoms with Crippen molar-refractivity contribution in [3.8, 4) is 12.0 Å². The minimum atomic E-state index is -0.602. The van der Waals surface area contributed by atoms with E-state index in [1.165, 1.54) is 17.2 Å². The lowest BCUT2D eigenvalue weighted by Crippen LogP contribution is -2.27. The van der Waals surface area contributed by atoms with E-state index in [2.05, 4.69) is 55.9 Å². The minimum absolute atomic E-state index is 0.0328. The zero-order valence-corrected chi connectivity index (χ0v) is 24.7. The summed E-state index contributed by atoms with van der Waals surface area (Å²) in [5.74, 6) is 0.679. The molecule has 45 heavy (non-hydrogen) atoms. The van der Waals surface area contributed by atoms with Gasteiger partial charge in [-0.05, 0) is 38.3 Å². The number of nitriles is 1. The van der Waals surface area contributed by atoms with Crippen LogP contribution in [0.25, 0.3) is 17.1 Å². The number of carbonyl (C=O) groups excluding carboxylic acids is 1. The average Bonchev–Trinajstić information content (AvgIpc) is 3.65. The standard InChI is InChI=1S/C28H30N14O3/c1-16-8-17(2)21(18(3)9-16)34-27-35-25(31-6-4-5-7-43)22(26(37-27)41(14-44)15-45)38-39-23-19(10-29)12-42(40-23)28-33-20-11-30-13-32-24(20)36-28/h7-9,11-13,44-45H,4-6,14-15H2,1-3H3,(H,30,32,33,36)(H2,31,34,35,37). The molecule has 0 saturated carbocycles. The molecule has 0 unspecified atom stereocenters. The number of hydrogen-bond acceptors (Lipinski definition) is 15. The molecule has 0 aliphatic carbocycles. The molecule has 0 saturated heterocycles. The van der Waals surface area contributed by atoms with Crippen molar-refractivity contribution in [1.29, 1.82) is 5.26 Å². The van der Waals surface area contributed by atoms with Gasteiger partial charge in [0.25, 0.3) is 0 Å². The SMILES string of the molecule is Cc1cc(C)c(Nc2nc(NCCCC=O)c(N=Nc3nn(-c4nc5ncncc5[nH]4)cc3C#N)c(N(CO)CO)n2)c(C)c1. The van der Waals surface area contributed by atoms with Crippen LogP contribution in [0, 0.1) is 32.1 Å². The summed E-state index contributed by atoms with van der Waals surface area (Å²) in [4.78, 5) is 36.7. The number of carbonyl (C=O) groups is 1. The number of aromatic nitrogens is 8. The second-order valence-corrected chi connectivity index (χ2v) is 9.97. The van der Waals surface area contributed by atoms with Gasteiger partial charge < -0.3 is 35.5 Å². The van der Waals surface area contributed by atoms with E-state index in [9.17, 15) is 20.3 Å². The molecule has 0 aliphatic rings. The molecule has 230 valence electrons. The van der Waals surface area contributed by atoms with E-state index in [0.29, 0.717) is 30.6 Å². The highest BCUT2D eigenvalue weighted by Crippen LogP contribution is 2.37. The summed E-state index contributed by atoms with van der Waals surface area (Å²) in [5, 5.41) is 49.3. The van der Waals surface area contributed by atoms with Gasteiger partial charge in [-0.25, -0.2) is 14.6 Å². The van der Waals surface area contributed by atoms with Gasteiger partial charge in [0, 0.05) is 18.7 Å². The van der Waals surface area contributed by atoms with Gasteiger partial charge in [0.05, 0.1) is 12.4 Å². The Labute approximate surface area is 256 Å². The van der Waals surface area contributed by atoms with Gasteiger partial charge in [0.2, 0.25) is 17.7 Å². The molecule has 17 heteroatoms. The molecule has 0 amide bonds. The Morgan fingerprint density at radius 2 is 1.91 bits per heavy atom. The molecule has 5 N–H and O–H groups in total. The van der Waals surface area contributed by atoms with Crippen LogP contribution in [0.15, 0.2) is 41.1 Å². The van der Waals surface area contributed by atoms with Gasteiger partial charge in [-0.3, -0.25) is 0 Å². The first-order valence-corrected chi connectivity index (χ1v) is 13.8. The first kappa shape index (κ1) is 30.6. The molecule has 0 radical (unpaired) electrons. The van der Waals surface area contributed by atoms with E-state index in [1.54, 1.807) is 6.20 Å². The van der Waals surface area contributed by atoms with Gasteiger partial charge in [-0.1, -0.05) is 17.7 Å². The molecule has 4 heterocycles. The Hall–Kier alpha value is -5.86. The zero-order chi connectivity index (χ0) is 31.9. The molecule has 0 spiro atoms. The molecule has 5 rings (SSSR count). The van der Waals surface area contributed by atoms with Crippen LogP contribution in [0.3, 0.4) is 0 Å². The lowest BCUT2D eigenvalue weighted by atomic mass is 10.1. The Bertz CT molecular complexity index is 1850. The van der Waals surface area contributed by atoms with E-state index in [0.717, 1.165) is 33.6 Å². The zero-order valence-electron chi connectivity index (χ0n) is 24.7. The van der Waals surface area contributed by atoms with E-state index in [1.807, 2.05) is 39.0 Å². The van der Waals surface area contributed by atoms with Gasteiger partial charge in [-0.2, -0.15) is 20.2 Å². The second kappa shape index (κ2) is 13.6. The smallest absolute Gasteiger partial charge is 0.231 e. The van der Waals surface area contributed by atoms with Crippen molar-refractivity contribution < 1.29 is 15.0 Å². The van der Waals surface area contributed by atoms with E-state index < -0.39 is 13.5 Å². The fraction of sp³-hybridized carbons (Fsp3) is 0.286. The number of aliphatic hydroxyl groups is 2. The molecule has 0 bridgehead atoms. The number of hydrogen-bond donors (Lipinski definition) is 5. The summed E-state index contributed by atoms with van der Waals surface area (Å²) >= 11 is 0. The number of benzene rings is 1. The Kier molecular flexibility index (Phi) is 9.26. The van der Waals surface area contributed by atoms with Crippen molar-refractivity contribution in [1.82, 2.24) is 39.7 Å². The summed E-state index contributed by atoms with van der Waals surface area (Å²) in [6.07, 6.45) is 6.01. The number of nitrogens with one attached hydrogen (secondary N) is 3. The average molecular weight is 611 g/mol. The molecule has 0 aliphatic heterocycles. The largest absolute Gasteiger partial charge is 0.376 e. The highest BCUT2D eigenvalue weighted by Gasteiger charge is 2.21. The van der Waals surface area contributed by atoms with E-state index in [4.69, 9.17) is 0 Å². The van der Waals surface area contributed by atoms with Crippen molar-refractivity contribution >= 4 is 52.2 Å².